The van der Waals surface area contributed by atoms with Crippen molar-refractivity contribution in [2.75, 3.05) is 0 Å². The van der Waals surface area contributed by atoms with Gasteiger partial charge in [0.05, 0.1) is 15.3 Å². The first-order valence-corrected chi connectivity index (χ1v) is 2.42. The van der Waals surface area contributed by atoms with Crippen LogP contribution in [0.25, 0.3) is 0 Å². The van der Waals surface area contributed by atoms with Gasteiger partial charge in [-0.25, -0.2) is 4.79 Å². The first kappa shape index (κ1) is 36.1. The molecule has 2 amide bonds. The van der Waals surface area contributed by atoms with Gasteiger partial charge in [0.2, 0.25) is 0 Å². The SMILES string of the molecule is NC(N)=O.O=[N+]([O-])[O-].O=[N+]([O-])[O-].O=[N+]([O-])[O-].[Ca+2].[K+]. The second kappa shape index (κ2) is 30.1. The number of primary amides is 2. The third-order valence-electron chi connectivity index (χ3n) is 0. The number of carbonyl (C=O) groups is 1. The molecule has 0 aliphatic heterocycles. The minimum absolute atomic E-state index is 0. The molecule has 0 fully saturated rings. The quantitative estimate of drug-likeness (QED) is 0.243. The molecule has 0 aromatic rings. The van der Waals surface area contributed by atoms with E-state index in [2.05, 4.69) is 11.5 Å². The monoisotopic (exact) mass is 325 g/mol. The van der Waals surface area contributed by atoms with Crippen molar-refractivity contribution in [1.82, 2.24) is 0 Å². The van der Waals surface area contributed by atoms with E-state index >= 15 is 0 Å². The summed E-state index contributed by atoms with van der Waals surface area (Å²) in [6, 6.07) is -0.833. The maximum absolute atomic E-state index is 9.00. The molecule has 0 saturated heterocycles. The van der Waals surface area contributed by atoms with E-state index in [0.29, 0.717) is 0 Å². The van der Waals surface area contributed by atoms with E-state index in [1.54, 1.807) is 0 Å². The average molecular weight is 325 g/mol. The largest absolute Gasteiger partial charge is 2.00 e. The molecule has 18 heavy (non-hydrogen) atoms. The van der Waals surface area contributed by atoms with E-state index in [0.717, 1.165) is 0 Å². The van der Waals surface area contributed by atoms with Crippen LogP contribution in [-0.2, 0) is 0 Å². The number of hydrogen-bond donors (Lipinski definition) is 2. The van der Waals surface area contributed by atoms with Crippen molar-refractivity contribution in [3.05, 3.63) is 46.0 Å². The molecule has 0 aliphatic rings. The van der Waals surface area contributed by atoms with Crippen molar-refractivity contribution in [3.8, 4) is 0 Å². The second-order valence-electron chi connectivity index (χ2n) is 1.07. The molecule has 0 radical (unpaired) electrons. The fraction of sp³-hybridized carbons (Fsp3) is 0. The summed E-state index contributed by atoms with van der Waals surface area (Å²) in [4.78, 5) is 33.8. The van der Waals surface area contributed by atoms with Crippen LogP contribution in [0.2, 0.25) is 0 Å². The minimum atomic E-state index is -1.75. The van der Waals surface area contributed by atoms with E-state index in [9.17, 15) is 0 Å². The molecule has 0 heterocycles. The summed E-state index contributed by atoms with van der Waals surface area (Å²) in [6.45, 7) is 0. The number of carbonyl (C=O) groups excluding carboxylic acids is 1. The Morgan fingerprint density at radius 1 is 0.722 bits per heavy atom. The van der Waals surface area contributed by atoms with Gasteiger partial charge < -0.3 is 57.4 Å². The van der Waals surface area contributed by atoms with E-state index in [-0.39, 0.29) is 89.1 Å². The van der Waals surface area contributed by atoms with Gasteiger partial charge in [0, 0.05) is 0 Å². The topological polar surface area (TPSA) is 268 Å². The van der Waals surface area contributed by atoms with Gasteiger partial charge >= 0.3 is 95.2 Å². The second-order valence-corrected chi connectivity index (χ2v) is 1.07. The molecule has 0 aliphatic carbocycles. The first-order valence-electron chi connectivity index (χ1n) is 2.42. The van der Waals surface area contributed by atoms with Crippen molar-refractivity contribution < 1.29 is 71.4 Å². The molecule has 0 aromatic heterocycles. The number of amides is 2. The Balaban J connectivity index is -0.0000000257. The summed E-state index contributed by atoms with van der Waals surface area (Å²) in [5.74, 6) is 0. The number of rotatable bonds is 0. The predicted molar refractivity (Wildman–Crippen MR) is 50.6 cm³/mol. The van der Waals surface area contributed by atoms with Gasteiger partial charge in [-0.2, -0.15) is 0 Å². The zero-order chi connectivity index (χ0) is 14.3. The van der Waals surface area contributed by atoms with Gasteiger partial charge in [-0.1, -0.05) is 0 Å². The Labute approximate surface area is 170 Å². The van der Waals surface area contributed by atoms with Gasteiger partial charge in [-0.05, 0) is 0 Å². The van der Waals surface area contributed by atoms with E-state index in [1.807, 2.05) is 0 Å². The summed E-state index contributed by atoms with van der Waals surface area (Å²) in [7, 11) is 0. The summed E-state index contributed by atoms with van der Waals surface area (Å²) in [6.07, 6.45) is 0. The van der Waals surface area contributed by atoms with Crippen LogP contribution in [-0.4, -0.2) is 59.0 Å². The minimum Gasteiger partial charge on any atom is -0.356 e. The third-order valence-corrected chi connectivity index (χ3v) is 0. The Hall–Kier alpha value is -0.234. The zero-order valence-electron chi connectivity index (χ0n) is 8.79. The number of hydrogen-bond acceptors (Lipinski definition) is 10. The number of nitrogens with two attached hydrogens (primary N) is 2. The van der Waals surface area contributed by atoms with Crippen molar-refractivity contribution in [2.24, 2.45) is 11.5 Å². The Morgan fingerprint density at radius 2 is 0.722 bits per heavy atom. The molecule has 0 aromatic carbocycles. The van der Waals surface area contributed by atoms with Crippen LogP contribution in [0.4, 0.5) is 4.79 Å². The molecule has 0 spiro atoms. The van der Waals surface area contributed by atoms with Crippen LogP contribution in [0.3, 0.4) is 0 Å². The van der Waals surface area contributed by atoms with Crippen molar-refractivity contribution in [3.63, 3.8) is 0 Å². The average Bonchev–Trinajstić information content (AvgIpc) is 1.76. The van der Waals surface area contributed by atoms with Crippen LogP contribution in [0.1, 0.15) is 0 Å². The summed E-state index contributed by atoms with van der Waals surface area (Å²) >= 11 is 0. The van der Waals surface area contributed by atoms with Crippen molar-refractivity contribution >= 4 is 43.8 Å². The van der Waals surface area contributed by atoms with Crippen molar-refractivity contribution in [1.29, 1.82) is 0 Å². The summed E-state index contributed by atoms with van der Waals surface area (Å²) in [5.41, 5.74) is 8.50. The van der Waals surface area contributed by atoms with Crippen LogP contribution >= 0.6 is 0 Å². The number of nitrogens with zero attached hydrogens (tertiary/aromatic N) is 3. The Morgan fingerprint density at radius 3 is 0.722 bits per heavy atom. The van der Waals surface area contributed by atoms with Crippen molar-refractivity contribution in [2.45, 2.75) is 0 Å². The van der Waals surface area contributed by atoms with Crippen LogP contribution < -0.4 is 62.9 Å². The molecule has 96 valence electrons. The summed E-state index contributed by atoms with van der Waals surface area (Å²) in [5, 5.41) is 44.2. The fourth-order valence-corrected chi connectivity index (χ4v) is 0. The maximum Gasteiger partial charge on any atom is 2.00 e. The van der Waals surface area contributed by atoms with E-state index in [4.69, 9.17) is 50.8 Å². The molecule has 0 saturated carbocycles. The molecule has 0 unspecified atom stereocenters. The third kappa shape index (κ3) is 62800. The fourth-order valence-electron chi connectivity index (χ4n) is 0. The molecule has 0 atom stereocenters. The molecule has 0 rings (SSSR count). The van der Waals surface area contributed by atoms with Gasteiger partial charge in [0.15, 0.2) is 0 Å². The smallest absolute Gasteiger partial charge is 0.356 e. The zero-order valence-corrected chi connectivity index (χ0v) is 14.1. The molecule has 15 nitrogen and oxygen atoms in total. The molecule has 4 N–H and O–H groups in total. The van der Waals surface area contributed by atoms with E-state index in [1.165, 1.54) is 0 Å². The van der Waals surface area contributed by atoms with Crippen LogP contribution in [0, 0.1) is 46.0 Å². The molecule has 0 bridgehead atoms. The molecular formula is CH4CaKN5O10. The predicted octanol–water partition coefficient (Wildman–Crippen LogP) is -5.07. The standard InChI is InChI=1S/CH4N2O.Ca.K.3NO3/c2-1(3)4;;;3*2-1(3)4/h(H4,2,3,4);;;;;/q;+2;+1;3*-1. The number of urea groups is 1. The normalized spacial score (nSPS) is 5.33. The molecular weight excluding hydrogens is 321 g/mol. The van der Waals surface area contributed by atoms with Crippen LogP contribution in [0.15, 0.2) is 0 Å². The first-order chi connectivity index (χ1) is 6.93. The summed E-state index contributed by atoms with van der Waals surface area (Å²) < 4.78 is 0. The Bertz CT molecular complexity index is 170. The van der Waals surface area contributed by atoms with Gasteiger partial charge in [0.25, 0.3) is 0 Å². The van der Waals surface area contributed by atoms with Gasteiger partial charge in [-0.3, -0.25) is 0 Å². The Kier molecular flexibility index (Phi) is 60.3. The van der Waals surface area contributed by atoms with Gasteiger partial charge in [-0.15, -0.1) is 0 Å². The van der Waals surface area contributed by atoms with Gasteiger partial charge in [0.1, 0.15) is 0 Å². The molecule has 17 heteroatoms. The van der Waals surface area contributed by atoms with Crippen LogP contribution in [0.5, 0.6) is 0 Å². The maximum atomic E-state index is 9.00. The van der Waals surface area contributed by atoms with E-state index < -0.39 is 21.3 Å².